The summed E-state index contributed by atoms with van der Waals surface area (Å²) in [5.74, 6) is 0.325. The zero-order valence-electron chi connectivity index (χ0n) is 18.5. The Morgan fingerprint density at radius 3 is 2.74 bits per heavy atom. The van der Waals surface area contributed by atoms with Crippen LogP contribution in [0.5, 0.6) is 0 Å². The maximum absolute atomic E-state index is 12.6. The Balaban J connectivity index is 1.35. The van der Waals surface area contributed by atoms with E-state index in [-0.39, 0.29) is 24.0 Å². The molecule has 2 heterocycles. The van der Waals surface area contributed by atoms with Crippen LogP contribution >= 0.6 is 0 Å². The maximum atomic E-state index is 12.6. The average Bonchev–Trinajstić information content (AvgIpc) is 3.30. The lowest BCUT2D eigenvalue weighted by atomic mass is 9.87. The molecule has 0 radical (unpaired) electrons. The Labute approximate surface area is 197 Å². The van der Waals surface area contributed by atoms with Gasteiger partial charge in [-0.25, -0.2) is 9.97 Å². The van der Waals surface area contributed by atoms with Crippen LogP contribution in [0.2, 0.25) is 0 Å². The van der Waals surface area contributed by atoms with E-state index in [9.17, 15) is 10.1 Å². The van der Waals surface area contributed by atoms with Gasteiger partial charge in [-0.1, -0.05) is 36.4 Å². The molecule has 1 aliphatic rings. The van der Waals surface area contributed by atoms with Crippen molar-refractivity contribution in [2.75, 3.05) is 5.32 Å². The molecule has 1 aliphatic carbocycles. The van der Waals surface area contributed by atoms with Crippen molar-refractivity contribution in [2.45, 2.75) is 37.4 Å². The summed E-state index contributed by atoms with van der Waals surface area (Å²) in [6.07, 6.45) is 5.63. The minimum Gasteiger partial charge on any atom is -0.360 e. The van der Waals surface area contributed by atoms with E-state index in [1.54, 1.807) is 12.1 Å². The van der Waals surface area contributed by atoms with Gasteiger partial charge in [-0.05, 0) is 37.5 Å². The summed E-state index contributed by atoms with van der Waals surface area (Å²) in [6, 6.07) is 19.1. The quantitative estimate of drug-likeness (QED) is 0.367. The molecule has 0 aliphatic heterocycles. The van der Waals surface area contributed by atoms with Crippen LogP contribution in [0, 0.1) is 11.3 Å². The van der Waals surface area contributed by atoms with Crippen LogP contribution in [0.4, 0.5) is 5.95 Å². The molecule has 1 saturated carbocycles. The molecule has 3 atom stereocenters. The molecule has 0 saturated heterocycles. The van der Waals surface area contributed by atoms with E-state index < -0.39 is 0 Å². The third kappa shape index (κ3) is 4.34. The Bertz CT molecular complexity index is 1360. The SMILES string of the molecule is N#Cc1cnc(N[C@@H]2C[C@@H](NC(=O)c3ccccc3)CCC2N)nc1-c1c[nH]c2ccccc12. The van der Waals surface area contributed by atoms with Crippen LogP contribution in [0.3, 0.4) is 0 Å². The molecule has 1 amide bonds. The number of nitrogens with zero attached hydrogens (tertiary/aromatic N) is 3. The van der Waals surface area contributed by atoms with Crippen LogP contribution in [0.25, 0.3) is 22.2 Å². The number of carbonyl (C=O) groups excluding carboxylic acids is 1. The van der Waals surface area contributed by atoms with Gasteiger partial charge in [-0.15, -0.1) is 0 Å². The molecule has 8 heteroatoms. The number of para-hydroxylation sites is 1. The molecule has 2 aromatic heterocycles. The van der Waals surface area contributed by atoms with E-state index in [2.05, 4.69) is 26.7 Å². The summed E-state index contributed by atoms with van der Waals surface area (Å²) in [4.78, 5) is 24.9. The van der Waals surface area contributed by atoms with E-state index >= 15 is 0 Å². The first-order valence-corrected chi connectivity index (χ1v) is 11.3. The van der Waals surface area contributed by atoms with Crippen molar-refractivity contribution >= 4 is 22.8 Å². The number of nitrogens with two attached hydrogens (primary N) is 1. The highest BCUT2D eigenvalue weighted by Gasteiger charge is 2.30. The number of H-pyrrole nitrogens is 1. The zero-order chi connectivity index (χ0) is 23.5. The van der Waals surface area contributed by atoms with E-state index in [4.69, 9.17) is 10.7 Å². The molecule has 2 aromatic carbocycles. The number of nitriles is 1. The lowest BCUT2D eigenvalue weighted by Gasteiger charge is -2.35. The fourth-order valence-corrected chi connectivity index (χ4v) is 4.52. The molecule has 0 spiro atoms. The summed E-state index contributed by atoms with van der Waals surface area (Å²) < 4.78 is 0. The summed E-state index contributed by atoms with van der Waals surface area (Å²) in [5.41, 5.74) is 9.83. The average molecular weight is 452 g/mol. The minimum atomic E-state index is -0.112. The fraction of sp³-hybridized carbons (Fsp3) is 0.231. The van der Waals surface area contributed by atoms with Crippen LogP contribution in [-0.4, -0.2) is 39.0 Å². The highest BCUT2D eigenvalue weighted by molar-refractivity contribution is 5.96. The molecule has 0 bridgehead atoms. The van der Waals surface area contributed by atoms with Gasteiger partial charge in [-0.2, -0.15) is 5.26 Å². The Hall–Kier alpha value is -4.22. The first-order chi connectivity index (χ1) is 16.6. The smallest absolute Gasteiger partial charge is 0.251 e. The monoisotopic (exact) mass is 451 g/mol. The Kier molecular flexibility index (Phi) is 5.93. The molecular formula is C26H25N7O. The number of aromatic nitrogens is 3. The molecule has 170 valence electrons. The van der Waals surface area contributed by atoms with Crippen molar-refractivity contribution in [1.29, 1.82) is 5.26 Å². The highest BCUT2D eigenvalue weighted by atomic mass is 16.1. The molecule has 5 rings (SSSR count). The molecule has 1 fully saturated rings. The molecule has 1 unspecified atom stereocenters. The summed E-state index contributed by atoms with van der Waals surface area (Å²) in [7, 11) is 0. The topological polar surface area (TPSA) is 133 Å². The zero-order valence-corrected chi connectivity index (χ0v) is 18.5. The van der Waals surface area contributed by atoms with E-state index in [1.165, 1.54) is 6.20 Å². The third-order valence-electron chi connectivity index (χ3n) is 6.34. The summed E-state index contributed by atoms with van der Waals surface area (Å²) in [5, 5.41) is 17.1. The normalized spacial score (nSPS) is 19.9. The number of hydrogen-bond acceptors (Lipinski definition) is 6. The van der Waals surface area contributed by atoms with Gasteiger partial charge in [0.05, 0.1) is 17.5 Å². The van der Waals surface area contributed by atoms with Gasteiger partial charge in [0.2, 0.25) is 5.95 Å². The fourth-order valence-electron chi connectivity index (χ4n) is 4.52. The van der Waals surface area contributed by atoms with E-state index in [0.29, 0.717) is 29.2 Å². The van der Waals surface area contributed by atoms with Gasteiger partial charge in [0.15, 0.2) is 0 Å². The number of nitrogens with one attached hydrogen (secondary N) is 3. The second-order valence-corrected chi connectivity index (χ2v) is 8.58. The predicted molar refractivity (Wildman–Crippen MR) is 131 cm³/mol. The summed E-state index contributed by atoms with van der Waals surface area (Å²) in [6.45, 7) is 0. The number of anilines is 1. The van der Waals surface area contributed by atoms with Gasteiger partial charge >= 0.3 is 0 Å². The van der Waals surface area contributed by atoms with Crippen molar-refractivity contribution in [3.05, 3.63) is 78.1 Å². The number of carbonyl (C=O) groups is 1. The van der Waals surface area contributed by atoms with Gasteiger partial charge < -0.3 is 21.4 Å². The molecule has 5 N–H and O–H groups in total. The van der Waals surface area contributed by atoms with Crippen molar-refractivity contribution in [2.24, 2.45) is 5.73 Å². The number of aromatic amines is 1. The number of benzene rings is 2. The number of amides is 1. The maximum Gasteiger partial charge on any atom is 0.251 e. The minimum absolute atomic E-state index is 0.00326. The van der Waals surface area contributed by atoms with Gasteiger partial charge in [0, 0.05) is 46.4 Å². The van der Waals surface area contributed by atoms with Crippen LogP contribution < -0.4 is 16.4 Å². The Morgan fingerprint density at radius 2 is 1.91 bits per heavy atom. The number of hydrogen-bond donors (Lipinski definition) is 4. The lowest BCUT2D eigenvalue weighted by Crippen LogP contribution is -2.51. The van der Waals surface area contributed by atoms with Crippen molar-refractivity contribution in [3.8, 4) is 17.3 Å². The molecule has 4 aromatic rings. The van der Waals surface area contributed by atoms with Gasteiger partial charge in [-0.3, -0.25) is 4.79 Å². The van der Waals surface area contributed by atoms with Crippen molar-refractivity contribution in [3.63, 3.8) is 0 Å². The predicted octanol–water partition coefficient (Wildman–Crippen LogP) is 3.59. The lowest BCUT2D eigenvalue weighted by molar-refractivity contribution is 0.0924. The number of rotatable bonds is 5. The van der Waals surface area contributed by atoms with Gasteiger partial charge in [0.25, 0.3) is 5.91 Å². The van der Waals surface area contributed by atoms with Crippen LogP contribution in [-0.2, 0) is 0 Å². The number of fused-ring (bicyclic) bond motifs is 1. The van der Waals surface area contributed by atoms with E-state index in [0.717, 1.165) is 29.3 Å². The molecule has 8 nitrogen and oxygen atoms in total. The van der Waals surface area contributed by atoms with Crippen LogP contribution in [0.15, 0.2) is 67.0 Å². The first-order valence-electron chi connectivity index (χ1n) is 11.3. The largest absolute Gasteiger partial charge is 0.360 e. The highest BCUT2D eigenvalue weighted by Crippen LogP contribution is 2.30. The van der Waals surface area contributed by atoms with Gasteiger partial charge in [0.1, 0.15) is 6.07 Å². The first kappa shape index (κ1) is 21.6. The van der Waals surface area contributed by atoms with E-state index in [1.807, 2.05) is 48.7 Å². The second kappa shape index (κ2) is 9.33. The van der Waals surface area contributed by atoms with Crippen molar-refractivity contribution < 1.29 is 4.79 Å². The van der Waals surface area contributed by atoms with Crippen LogP contribution in [0.1, 0.15) is 35.2 Å². The second-order valence-electron chi connectivity index (χ2n) is 8.58. The molecule has 34 heavy (non-hydrogen) atoms. The molecular weight excluding hydrogens is 426 g/mol. The standard InChI is InChI=1S/C26H25N7O/c27-13-17-14-30-26(33-24(17)20-15-29-22-9-5-4-8-19(20)22)32-23-12-18(10-11-21(23)28)31-25(34)16-6-2-1-3-7-16/h1-9,14-15,18,21,23,29H,10-12,28H2,(H,31,34)(H,30,32,33)/t18-,21?,23+/m0/s1. The Morgan fingerprint density at radius 1 is 1.12 bits per heavy atom. The summed E-state index contributed by atoms with van der Waals surface area (Å²) >= 11 is 0. The van der Waals surface area contributed by atoms with Crippen molar-refractivity contribution in [1.82, 2.24) is 20.3 Å². The third-order valence-corrected chi connectivity index (χ3v) is 6.34.